The third-order valence-corrected chi connectivity index (χ3v) is 6.59. The van der Waals surface area contributed by atoms with Crippen LogP contribution < -0.4 is 9.47 Å². The fourth-order valence-corrected chi connectivity index (χ4v) is 4.75. The monoisotopic (exact) mass is 493 g/mol. The Hall–Kier alpha value is -3.32. The lowest BCUT2D eigenvalue weighted by Crippen LogP contribution is -2.31. The number of hydrogen-bond donors (Lipinski definition) is 1. The number of rotatable bonds is 10. The van der Waals surface area contributed by atoms with Crippen LogP contribution in [0, 0.1) is 5.92 Å². The van der Waals surface area contributed by atoms with E-state index in [1.807, 2.05) is 37.3 Å². The Morgan fingerprint density at radius 3 is 2.72 bits per heavy atom. The minimum Gasteiger partial charge on any atom is -0.507 e. The van der Waals surface area contributed by atoms with E-state index < -0.39 is 17.7 Å². The first-order valence-electron chi connectivity index (χ1n) is 12.6. The highest BCUT2D eigenvalue weighted by Crippen LogP contribution is 2.41. The molecule has 0 aromatic heterocycles. The normalized spacial score (nSPS) is 20.6. The molecule has 1 fully saturated rings. The van der Waals surface area contributed by atoms with Crippen molar-refractivity contribution >= 4 is 17.4 Å². The van der Waals surface area contributed by atoms with E-state index in [1.54, 1.807) is 19.2 Å². The lowest BCUT2D eigenvalue weighted by atomic mass is 9.94. The van der Waals surface area contributed by atoms with Gasteiger partial charge in [0, 0.05) is 32.2 Å². The highest BCUT2D eigenvalue weighted by Gasteiger charge is 2.46. The standard InChI is InChI=1S/C29H35NO6/c1-18(2)11-14-35-23-8-5-7-20(17-23)26-25(28(32)29(33)30(26)12-6-13-34-4)27(31)21-9-10-24-22(16-21)15-19(3)36-24/h5,7-10,16-19,26,31H,6,11-15H2,1-4H3/t19-,26-/m1/s1. The summed E-state index contributed by atoms with van der Waals surface area (Å²) in [5.74, 6) is 0.469. The Bertz CT molecular complexity index is 1150. The summed E-state index contributed by atoms with van der Waals surface area (Å²) in [6.45, 7) is 7.62. The zero-order chi connectivity index (χ0) is 25.8. The minimum absolute atomic E-state index is 0.0576. The smallest absolute Gasteiger partial charge is 0.295 e. The van der Waals surface area contributed by atoms with Gasteiger partial charge in [0.2, 0.25) is 0 Å². The second-order valence-electron chi connectivity index (χ2n) is 9.90. The van der Waals surface area contributed by atoms with Crippen LogP contribution >= 0.6 is 0 Å². The number of benzene rings is 2. The molecule has 4 rings (SSSR count). The first kappa shape index (κ1) is 25.8. The molecule has 2 aliphatic rings. The van der Waals surface area contributed by atoms with Crippen molar-refractivity contribution in [2.75, 3.05) is 26.9 Å². The molecule has 1 amide bonds. The van der Waals surface area contributed by atoms with Crippen LogP contribution in [0.1, 0.15) is 56.3 Å². The molecule has 2 aromatic rings. The molecule has 0 aliphatic carbocycles. The number of nitrogens with zero attached hydrogens (tertiary/aromatic N) is 1. The Morgan fingerprint density at radius 2 is 1.97 bits per heavy atom. The van der Waals surface area contributed by atoms with Gasteiger partial charge in [-0.15, -0.1) is 0 Å². The molecule has 0 unspecified atom stereocenters. The molecule has 192 valence electrons. The van der Waals surface area contributed by atoms with Gasteiger partial charge >= 0.3 is 0 Å². The molecule has 0 bridgehead atoms. The average molecular weight is 494 g/mol. The number of carbonyl (C=O) groups is 2. The van der Waals surface area contributed by atoms with Crippen LogP contribution in [0.4, 0.5) is 0 Å². The van der Waals surface area contributed by atoms with Gasteiger partial charge in [-0.25, -0.2) is 0 Å². The van der Waals surface area contributed by atoms with Gasteiger partial charge in [0.05, 0.1) is 18.2 Å². The third-order valence-electron chi connectivity index (χ3n) is 6.59. The van der Waals surface area contributed by atoms with Crippen molar-refractivity contribution in [1.29, 1.82) is 0 Å². The number of carbonyl (C=O) groups excluding carboxylic acids is 2. The van der Waals surface area contributed by atoms with Crippen molar-refractivity contribution in [3.8, 4) is 11.5 Å². The number of hydrogen-bond acceptors (Lipinski definition) is 6. The number of methoxy groups -OCH3 is 1. The van der Waals surface area contributed by atoms with E-state index in [0.29, 0.717) is 49.0 Å². The molecule has 2 heterocycles. The molecule has 2 aliphatic heterocycles. The van der Waals surface area contributed by atoms with E-state index in [1.165, 1.54) is 4.90 Å². The molecule has 0 spiro atoms. The highest BCUT2D eigenvalue weighted by molar-refractivity contribution is 6.46. The number of ether oxygens (including phenoxy) is 3. The van der Waals surface area contributed by atoms with Crippen LogP contribution in [0.15, 0.2) is 48.0 Å². The molecule has 1 saturated heterocycles. The van der Waals surface area contributed by atoms with Crippen LogP contribution in [0.2, 0.25) is 0 Å². The van der Waals surface area contributed by atoms with Crippen LogP contribution in [-0.4, -0.2) is 54.7 Å². The van der Waals surface area contributed by atoms with Gasteiger partial charge in [0.25, 0.3) is 11.7 Å². The van der Waals surface area contributed by atoms with Crippen molar-refractivity contribution in [2.24, 2.45) is 5.92 Å². The summed E-state index contributed by atoms with van der Waals surface area (Å²) < 4.78 is 16.9. The zero-order valence-corrected chi connectivity index (χ0v) is 21.5. The molecule has 7 heteroatoms. The van der Waals surface area contributed by atoms with Crippen molar-refractivity contribution in [1.82, 2.24) is 4.90 Å². The largest absolute Gasteiger partial charge is 0.507 e. The third kappa shape index (κ3) is 5.41. The SMILES string of the molecule is COCCCN1C(=O)C(=O)C(=C(O)c2ccc3c(c2)C[C@@H](C)O3)[C@H]1c1cccc(OCCC(C)C)c1. The summed E-state index contributed by atoms with van der Waals surface area (Å²) in [5.41, 5.74) is 2.27. The summed E-state index contributed by atoms with van der Waals surface area (Å²) in [5, 5.41) is 11.4. The molecular weight excluding hydrogens is 458 g/mol. The Morgan fingerprint density at radius 1 is 1.17 bits per heavy atom. The predicted octanol–water partition coefficient (Wildman–Crippen LogP) is 4.89. The van der Waals surface area contributed by atoms with Gasteiger partial charge in [-0.3, -0.25) is 9.59 Å². The van der Waals surface area contributed by atoms with Crippen molar-refractivity contribution in [3.05, 3.63) is 64.7 Å². The first-order chi connectivity index (χ1) is 17.3. The fraction of sp³-hybridized carbons (Fsp3) is 0.448. The lowest BCUT2D eigenvalue weighted by molar-refractivity contribution is -0.140. The number of aliphatic hydroxyl groups excluding tert-OH is 1. The van der Waals surface area contributed by atoms with Crippen LogP contribution in [0.5, 0.6) is 11.5 Å². The molecule has 36 heavy (non-hydrogen) atoms. The van der Waals surface area contributed by atoms with Gasteiger partial charge < -0.3 is 24.2 Å². The summed E-state index contributed by atoms with van der Waals surface area (Å²) >= 11 is 0. The van der Waals surface area contributed by atoms with E-state index in [0.717, 1.165) is 24.2 Å². The highest BCUT2D eigenvalue weighted by atomic mass is 16.5. The molecular formula is C29H35NO6. The lowest BCUT2D eigenvalue weighted by Gasteiger charge is -2.25. The summed E-state index contributed by atoms with van der Waals surface area (Å²) in [6, 6.07) is 12.1. The van der Waals surface area contributed by atoms with Gasteiger partial charge in [-0.1, -0.05) is 26.0 Å². The maximum absolute atomic E-state index is 13.3. The number of fused-ring (bicyclic) bond motifs is 1. The second-order valence-corrected chi connectivity index (χ2v) is 9.90. The molecule has 0 radical (unpaired) electrons. The van der Waals surface area contributed by atoms with Crippen LogP contribution in [0.25, 0.3) is 5.76 Å². The van der Waals surface area contributed by atoms with Gasteiger partial charge in [0.1, 0.15) is 23.4 Å². The summed E-state index contributed by atoms with van der Waals surface area (Å²) in [6.07, 6.45) is 2.27. The predicted molar refractivity (Wildman–Crippen MR) is 137 cm³/mol. The fourth-order valence-electron chi connectivity index (χ4n) is 4.75. The van der Waals surface area contributed by atoms with Crippen molar-refractivity contribution in [3.63, 3.8) is 0 Å². The molecule has 2 aromatic carbocycles. The molecule has 2 atom stereocenters. The van der Waals surface area contributed by atoms with Gasteiger partial charge in [-0.2, -0.15) is 0 Å². The molecule has 7 nitrogen and oxygen atoms in total. The van der Waals surface area contributed by atoms with Gasteiger partial charge in [-0.05, 0) is 67.1 Å². The maximum Gasteiger partial charge on any atom is 0.295 e. The molecule has 1 N–H and O–H groups in total. The molecule has 0 saturated carbocycles. The van der Waals surface area contributed by atoms with Crippen molar-refractivity contribution in [2.45, 2.75) is 52.2 Å². The minimum atomic E-state index is -0.723. The summed E-state index contributed by atoms with van der Waals surface area (Å²) in [4.78, 5) is 27.9. The quantitative estimate of drug-likeness (QED) is 0.219. The number of ketones is 1. The van der Waals surface area contributed by atoms with E-state index in [4.69, 9.17) is 14.2 Å². The van der Waals surface area contributed by atoms with E-state index in [2.05, 4.69) is 13.8 Å². The van der Waals surface area contributed by atoms with E-state index in [9.17, 15) is 14.7 Å². The zero-order valence-electron chi connectivity index (χ0n) is 21.5. The number of aliphatic hydroxyl groups is 1. The Balaban J connectivity index is 1.74. The second kappa shape index (κ2) is 11.2. The van der Waals surface area contributed by atoms with Gasteiger partial charge in [0.15, 0.2) is 0 Å². The Kier molecular flexibility index (Phi) is 7.99. The average Bonchev–Trinajstić information content (AvgIpc) is 3.34. The number of amides is 1. The topological polar surface area (TPSA) is 85.3 Å². The van der Waals surface area contributed by atoms with E-state index in [-0.39, 0.29) is 17.4 Å². The number of Topliss-reactive ketones (excluding diaryl/α,β-unsaturated/α-hetero) is 1. The maximum atomic E-state index is 13.3. The first-order valence-corrected chi connectivity index (χ1v) is 12.6. The van der Waals surface area contributed by atoms with Crippen LogP contribution in [-0.2, 0) is 20.7 Å². The van der Waals surface area contributed by atoms with Crippen LogP contribution in [0.3, 0.4) is 0 Å². The van der Waals surface area contributed by atoms with E-state index >= 15 is 0 Å². The van der Waals surface area contributed by atoms with Crippen molar-refractivity contribution < 1.29 is 28.9 Å². The number of likely N-dealkylation sites (tertiary alicyclic amines) is 1. The summed E-state index contributed by atoms with van der Waals surface area (Å²) in [7, 11) is 1.60. The Labute approximate surface area is 212 Å².